The number of amides is 1. The smallest absolute Gasteiger partial charge is 0.410 e. The van der Waals surface area contributed by atoms with Gasteiger partial charge in [-0.15, -0.1) is 6.58 Å². The van der Waals surface area contributed by atoms with Gasteiger partial charge in [-0.3, -0.25) is 4.79 Å². The highest BCUT2D eigenvalue weighted by Crippen LogP contribution is 2.32. The topological polar surface area (TPSA) is 76.1 Å². The van der Waals surface area contributed by atoms with Gasteiger partial charge in [0.2, 0.25) is 0 Å². The SMILES string of the molecule is C=CCOCC1(C(=O)O)CCN(C(=O)OCc2ccccc2)C1. The van der Waals surface area contributed by atoms with Crippen molar-refractivity contribution in [2.24, 2.45) is 5.41 Å². The Bertz CT molecular complexity index is 559. The van der Waals surface area contributed by atoms with E-state index in [0.717, 1.165) is 5.56 Å². The molecule has 1 atom stereocenters. The number of hydrogen-bond donors (Lipinski definition) is 1. The minimum atomic E-state index is -1.07. The zero-order chi connectivity index (χ0) is 16.7. The number of nitrogens with zero attached hydrogens (tertiary/aromatic N) is 1. The normalized spacial score (nSPS) is 20.3. The van der Waals surface area contributed by atoms with Crippen molar-refractivity contribution in [2.45, 2.75) is 13.0 Å². The maximum Gasteiger partial charge on any atom is 0.410 e. The van der Waals surface area contributed by atoms with E-state index in [1.807, 2.05) is 30.3 Å². The van der Waals surface area contributed by atoms with Crippen molar-refractivity contribution in [3.8, 4) is 0 Å². The van der Waals surface area contributed by atoms with Crippen LogP contribution in [0.15, 0.2) is 43.0 Å². The van der Waals surface area contributed by atoms with E-state index < -0.39 is 17.5 Å². The molecule has 6 heteroatoms. The molecule has 1 N–H and O–H groups in total. The number of carboxylic acid groups (broad SMARTS) is 1. The summed E-state index contributed by atoms with van der Waals surface area (Å²) in [5, 5.41) is 9.49. The summed E-state index contributed by atoms with van der Waals surface area (Å²) in [6.45, 7) is 4.47. The summed E-state index contributed by atoms with van der Waals surface area (Å²) in [5.74, 6) is -0.958. The first-order valence-corrected chi connectivity index (χ1v) is 7.45. The molecule has 0 radical (unpaired) electrons. The van der Waals surface area contributed by atoms with Crippen LogP contribution < -0.4 is 0 Å². The average Bonchev–Trinajstić information content (AvgIpc) is 3.00. The number of ether oxygens (including phenoxy) is 2. The third-order valence-corrected chi connectivity index (χ3v) is 3.88. The zero-order valence-electron chi connectivity index (χ0n) is 12.9. The molecule has 1 aromatic rings. The van der Waals surface area contributed by atoms with E-state index in [0.29, 0.717) is 13.0 Å². The number of hydrogen-bond acceptors (Lipinski definition) is 4. The Labute approximate surface area is 135 Å². The summed E-state index contributed by atoms with van der Waals surface area (Å²) in [5.41, 5.74) is -0.187. The van der Waals surface area contributed by atoms with Crippen molar-refractivity contribution >= 4 is 12.1 Å². The number of likely N-dealkylation sites (tertiary alicyclic amines) is 1. The molecule has 0 bridgehead atoms. The van der Waals surface area contributed by atoms with E-state index in [2.05, 4.69) is 6.58 Å². The number of rotatable bonds is 7. The molecule has 124 valence electrons. The van der Waals surface area contributed by atoms with Crippen LogP contribution in [0.4, 0.5) is 4.79 Å². The Kier molecular flexibility index (Phi) is 5.76. The molecule has 0 spiro atoms. The lowest BCUT2D eigenvalue weighted by molar-refractivity contribution is -0.151. The van der Waals surface area contributed by atoms with E-state index in [1.54, 1.807) is 6.08 Å². The summed E-state index contributed by atoms with van der Waals surface area (Å²) >= 11 is 0. The van der Waals surface area contributed by atoms with Gasteiger partial charge in [0.25, 0.3) is 0 Å². The molecule has 1 aliphatic heterocycles. The molecule has 1 amide bonds. The standard InChI is InChI=1S/C17H21NO5/c1-2-10-22-13-17(15(19)20)8-9-18(12-17)16(21)23-11-14-6-4-3-5-7-14/h2-7H,1,8-13H2,(H,19,20). The van der Waals surface area contributed by atoms with Crippen LogP contribution in [-0.2, 0) is 20.9 Å². The number of benzene rings is 1. The number of carbonyl (C=O) groups excluding carboxylic acids is 1. The Morgan fingerprint density at radius 2 is 2.09 bits per heavy atom. The van der Waals surface area contributed by atoms with Crippen LogP contribution in [0.2, 0.25) is 0 Å². The van der Waals surface area contributed by atoms with E-state index in [9.17, 15) is 14.7 Å². The van der Waals surface area contributed by atoms with Crippen LogP contribution in [-0.4, -0.2) is 48.4 Å². The summed E-state index contributed by atoms with van der Waals surface area (Å²) in [6, 6.07) is 9.34. The van der Waals surface area contributed by atoms with Gasteiger partial charge in [-0.2, -0.15) is 0 Å². The van der Waals surface area contributed by atoms with Gasteiger partial charge in [-0.05, 0) is 12.0 Å². The van der Waals surface area contributed by atoms with Crippen LogP contribution in [0, 0.1) is 5.41 Å². The van der Waals surface area contributed by atoms with Gasteiger partial charge in [0.15, 0.2) is 0 Å². The number of carboxylic acids is 1. The van der Waals surface area contributed by atoms with Crippen LogP contribution in [0.3, 0.4) is 0 Å². The molecule has 0 aromatic heterocycles. The fraction of sp³-hybridized carbons (Fsp3) is 0.412. The van der Waals surface area contributed by atoms with Gasteiger partial charge in [-0.25, -0.2) is 4.79 Å². The van der Waals surface area contributed by atoms with Gasteiger partial charge < -0.3 is 19.5 Å². The van der Waals surface area contributed by atoms with E-state index >= 15 is 0 Å². The predicted octanol–water partition coefficient (Wildman–Crippen LogP) is 2.30. The maximum atomic E-state index is 12.1. The summed E-state index contributed by atoms with van der Waals surface area (Å²) in [4.78, 5) is 25.1. The van der Waals surface area contributed by atoms with Crippen molar-refractivity contribution in [3.63, 3.8) is 0 Å². The fourth-order valence-corrected chi connectivity index (χ4v) is 2.53. The first-order valence-electron chi connectivity index (χ1n) is 7.45. The molecule has 23 heavy (non-hydrogen) atoms. The molecule has 0 saturated carbocycles. The van der Waals surface area contributed by atoms with E-state index in [1.165, 1.54) is 4.90 Å². The van der Waals surface area contributed by atoms with Crippen LogP contribution in [0.25, 0.3) is 0 Å². The Morgan fingerprint density at radius 3 is 2.74 bits per heavy atom. The number of aliphatic carboxylic acids is 1. The third-order valence-electron chi connectivity index (χ3n) is 3.88. The van der Waals surface area contributed by atoms with Gasteiger partial charge in [-0.1, -0.05) is 36.4 Å². The summed E-state index contributed by atoms with van der Waals surface area (Å²) < 4.78 is 10.6. The molecule has 1 aliphatic rings. The van der Waals surface area contributed by atoms with Gasteiger partial charge in [0.05, 0.1) is 13.2 Å². The molecule has 1 saturated heterocycles. The molecule has 1 heterocycles. The lowest BCUT2D eigenvalue weighted by Gasteiger charge is -2.24. The minimum Gasteiger partial charge on any atom is -0.481 e. The summed E-state index contributed by atoms with van der Waals surface area (Å²) in [6.07, 6.45) is 1.41. The van der Waals surface area contributed by atoms with Crippen molar-refractivity contribution in [3.05, 3.63) is 48.6 Å². The Morgan fingerprint density at radius 1 is 1.35 bits per heavy atom. The highest BCUT2D eigenvalue weighted by atomic mass is 16.6. The first-order chi connectivity index (χ1) is 11.1. The molecular formula is C17H21NO5. The van der Waals surface area contributed by atoms with Gasteiger partial charge >= 0.3 is 12.1 Å². The lowest BCUT2D eigenvalue weighted by atomic mass is 9.88. The lowest BCUT2D eigenvalue weighted by Crippen LogP contribution is -2.40. The van der Waals surface area contributed by atoms with Gasteiger partial charge in [0, 0.05) is 13.1 Å². The Balaban J connectivity index is 1.90. The highest BCUT2D eigenvalue weighted by molar-refractivity contribution is 5.78. The van der Waals surface area contributed by atoms with Crippen LogP contribution in [0.1, 0.15) is 12.0 Å². The minimum absolute atomic E-state index is 0.0524. The molecule has 2 rings (SSSR count). The maximum absolute atomic E-state index is 12.1. The third kappa shape index (κ3) is 4.32. The Hall–Kier alpha value is -2.34. The molecular weight excluding hydrogens is 298 g/mol. The molecule has 1 fully saturated rings. The van der Waals surface area contributed by atoms with Crippen molar-refractivity contribution < 1.29 is 24.2 Å². The predicted molar refractivity (Wildman–Crippen MR) is 83.9 cm³/mol. The fourth-order valence-electron chi connectivity index (χ4n) is 2.53. The second-order valence-electron chi connectivity index (χ2n) is 5.60. The zero-order valence-corrected chi connectivity index (χ0v) is 12.9. The van der Waals surface area contributed by atoms with Gasteiger partial charge in [0.1, 0.15) is 12.0 Å². The van der Waals surface area contributed by atoms with Crippen molar-refractivity contribution in [1.29, 1.82) is 0 Å². The summed E-state index contributed by atoms with van der Waals surface area (Å²) in [7, 11) is 0. The number of carbonyl (C=O) groups is 2. The van der Waals surface area contributed by atoms with E-state index in [4.69, 9.17) is 9.47 Å². The largest absolute Gasteiger partial charge is 0.481 e. The van der Waals surface area contributed by atoms with Crippen LogP contribution >= 0.6 is 0 Å². The monoisotopic (exact) mass is 319 g/mol. The second kappa shape index (κ2) is 7.78. The molecule has 0 aliphatic carbocycles. The average molecular weight is 319 g/mol. The van der Waals surface area contributed by atoms with Crippen molar-refractivity contribution in [2.75, 3.05) is 26.3 Å². The quantitative estimate of drug-likeness (QED) is 0.616. The first kappa shape index (κ1) is 17.0. The second-order valence-corrected chi connectivity index (χ2v) is 5.60. The van der Waals surface area contributed by atoms with E-state index in [-0.39, 0.29) is 26.4 Å². The van der Waals surface area contributed by atoms with Crippen molar-refractivity contribution in [1.82, 2.24) is 4.90 Å². The highest BCUT2D eigenvalue weighted by Gasteiger charge is 2.47. The molecule has 1 unspecified atom stereocenters. The molecule has 6 nitrogen and oxygen atoms in total. The molecule has 1 aromatic carbocycles. The van der Waals surface area contributed by atoms with Crippen LogP contribution in [0.5, 0.6) is 0 Å².